The summed E-state index contributed by atoms with van der Waals surface area (Å²) in [6.07, 6.45) is 3.69. The van der Waals surface area contributed by atoms with E-state index in [1.54, 1.807) is 11.3 Å². The molecule has 0 aliphatic heterocycles. The molecule has 2 nitrogen and oxygen atoms in total. The lowest BCUT2D eigenvalue weighted by Gasteiger charge is -2.16. The summed E-state index contributed by atoms with van der Waals surface area (Å²) in [6.45, 7) is 3.16. The topological polar surface area (TPSA) is 29.3 Å². The molecule has 1 aromatic heterocycles. The minimum atomic E-state index is 0.963. The van der Waals surface area contributed by atoms with Gasteiger partial charge in [-0.1, -0.05) is 19.8 Å². The number of hydrazine groups is 1. The number of rotatable bonds is 5. The Bertz CT molecular complexity index is 196. The van der Waals surface area contributed by atoms with E-state index >= 15 is 0 Å². The zero-order valence-corrected chi connectivity index (χ0v) is 8.31. The summed E-state index contributed by atoms with van der Waals surface area (Å²) in [6, 6.07) is 2.05. The van der Waals surface area contributed by atoms with Gasteiger partial charge >= 0.3 is 0 Å². The summed E-state index contributed by atoms with van der Waals surface area (Å²) in [5, 5.41) is 5.95. The predicted octanol–water partition coefficient (Wildman–Crippen LogP) is 2.62. The standard InChI is InChI=1S/C9H16N2S/c1-2-3-4-6-11(10)9-5-7-12-8-9/h5,7-8H,2-4,6,10H2,1H3. The van der Waals surface area contributed by atoms with Crippen molar-refractivity contribution in [2.24, 2.45) is 5.84 Å². The lowest BCUT2D eigenvalue weighted by atomic mass is 10.2. The van der Waals surface area contributed by atoms with Crippen molar-refractivity contribution in [1.29, 1.82) is 0 Å². The zero-order chi connectivity index (χ0) is 8.81. The van der Waals surface area contributed by atoms with E-state index in [-0.39, 0.29) is 0 Å². The smallest absolute Gasteiger partial charge is 0.0624 e. The van der Waals surface area contributed by atoms with Crippen molar-refractivity contribution in [1.82, 2.24) is 0 Å². The lowest BCUT2D eigenvalue weighted by molar-refractivity contribution is 0.689. The molecule has 2 N–H and O–H groups in total. The number of nitrogens with zero attached hydrogens (tertiary/aromatic N) is 1. The van der Waals surface area contributed by atoms with E-state index in [9.17, 15) is 0 Å². The molecule has 1 rings (SSSR count). The Kier molecular flexibility index (Phi) is 4.11. The molecule has 0 aliphatic carbocycles. The van der Waals surface area contributed by atoms with Gasteiger partial charge in [-0.25, -0.2) is 5.84 Å². The van der Waals surface area contributed by atoms with Crippen molar-refractivity contribution >= 4 is 17.0 Å². The summed E-state index contributed by atoms with van der Waals surface area (Å²) in [5.74, 6) is 5.82. The second-order valence-corrected chi connectivity index (χ2v) is 3.66. The van der Waals surface area contributed by atoms with Gasteiger partial charge in [-0.15, -0.1) is 0 Å². The van der Waals surface area contributed by atoms with Crippen molar-refractivity contribution in [2.45, 2.75) is 26.2 Å². The van der Waals surface area contributed by atoms with Crippen LogP contribution in [0.15, 0.2) is 16.8 Å². The molecule has 1 heterocycles. The van der Waals surface area contributed by atoms with Crippen LogP contribution in [0.3, 0.4) is 0 Å². The number of hydrogen-bond acceptors (Lipinski definition) is 3. The Balaban J connectivity index is 2.25. The fraction of sp³-hybridized carbons (Fsp3) is 0.556. The van der Waals surface area contributed by atoms with Crippen LogP contribution in [-0.2, 0) is 0 Å². The average molecular weight is 184 g/mol. The van der Waals surface area contributed by atoms with E-state index in [1.165, 1.54) is 19.3 Å². The summed E-state index contributed by atoms with van der Waals surface area (Å²) in [5.41, 5.74) is 1.14. The van der Waals surface area contributed by atoms with E-state index in [0.29, 0.717) is 0 Å². The third-order valence-corrected chi connectivity index (χ3v) is 2.51. The van der Waals surface area contributed by atoms with Crippen molar-refractivity contribution in [3.05, 3.63) is 16.8 Å². The Hall–Kier alpha value is -0.540. The molecule has 0 saturated carbocycles. The van der Waals surface area contributed by atoms with Crippen molar-refractivity contribution in [2.75, 3.05) is 11.6 Å². The highest BCUT2D eigenvalue weighted by Crippen LogP contribution is 2.15. The van der Waals surface area contributed by atoms with Crippen LogP contribution in [0.25, 0.3) is 0 Å². The van der Waals surface area contributed by atoms with Gasteiger partial charge < -0.3 is 5.01 Å². The van der Waals surface area contributed by atoms with E-state index in [2.05, 4.69) is 23.8 Å². The van der Waals surface area contributed by atoms with Crippen LogP contribution in [0, 0.1) is 0 Å². The highest BCUT2D eigenvalue weighted by molar-refractivity contribution is 7.08. The monoisotopic (exact) mass is 184 g/mol. The molecule has 12 heavy (non-hydrogen) atoms. The Morgan fingerprint density at radius 2 is 2.33 bits per heavy atom. The van der Waals surface area contributed by atoms with Crippen LogP contribution < -0.4 is 10.9 Å². The number of thiophene rings is 1. The van der Waals surface area contributed by atoms with Crippen LogP contribution in [0.5, 0.6) is 0 Å². The molecule has 0 saturated heterocycles. The van der Waals surface area contributed by atoms with Crippen LogP contribution in [0.1, 0.15) is 26.2 Å². The first-order valence-electron chi connectivity index (χ1n) is 4.39. The Morgan fingerprint density at radius 1 is 1.50 bits per heavy atom. The molecule has 0 bridgehead atoms. The molecule has 0 aliphatic rings. The molecule has 0 unspecified atom stereocenters. The summed E-state index contributed by atoms with van der Waals surface area (Å²) >= 11 is 1.69. The highest BCUT2D eigenvalue weighted by Gasteiger charge is 1.99. The fourth-order valence-corrected chi connectivity index (χ4v) is 1.73. The van der Waals surface area contributed by atoms with Crippen molar-refractivity contribution in [3.63, 3.8) is 0 Å². The zero-order valence-electron chi connectivity index (χ0n) is 7.49. The maximum atomic E-state index is 5.82. The highest BCUT2D eigenvalue weighted by atomic mass is 32.1. The maximum absolute atomic E-state index is 5.82. The van der Waals surface area contributed by atoms with Gasteiger partial charge in [0.1, 0.15) is 0 Å². The molecule has 3 heteroatoms. The quantitative estimate of drug-likeness (QED) is 0.433. The van der Waals surface area contributed by atoms with Gasteiger partial charge in [-0.05, 0) is 17.9 Å². The molecule has 68 valence electrons. The molecule has 0 atom stereocenters. The lowest BCUT2D eigenvalue weighted by Crippen LogP contribution is -2.31. The maximum Gasteiger partial charge on any atom is 0.0624 e. The van der Waals surface area contributed by atoms with Crippen molar-refractivity contribution < 1.29 is 0 Å². The number of nitrogens with two attached hydrogens (primary N) is 1. The van der Waals surface area contributed by atoms with E-state index in [0.717, 1.165) is 12.2 Å². The molecule has 0 radical (unpaired) electrons. The third kappa shape index (κ3) is 2.83. The molecule has 0 amide bonds. The molecular weight excluding hydrogens is 168 g/mol. The Labute approximate surface area is 78.0 Å². The SMILES string of the molecule is CCCCCN(N)c1ccsc1. The molecule has 1 aromatic rings. The van der Waals surface area contributed by atoms with Gasteiger partial charge in [0.2, 0.25) is 0 Å². The first kappa shape index (κ1) is 9.55. The summed E-state index contributed by atoms with van der Waals surface area (Å²) in [7, 11) is 0. The summed E-state index contributed by atoms with van der Waals surface area (Å²) in [4.78, 5) is 0. The molecule has 0 fully saturated rings. The normalized spacial score (nSPS) is 10.2. The van der Waals surface area contributed by atoms with Gasteiger partial charge in [-0.3, -0.25) is 0 Å². The van der Waals surface area contributed by atoms with E-state index in [4.69, 9.17) is 5.84 Å². The summed E-state index contributed by atoms with van der Waals surface area (Å²) < 4.78 is 0. The van der Waals surface area contributed by atoms with Crippen molar-refractivity contribution in [3.8, 4) is 0 Å². The third-order valence-electron chi connectivity index (χ3n) is 1.84. The van der Waals surface area contributed by atoms with Gasteiger partial charge in [0.25, 0.3) is 0 Å². The van der Waals surface area contributed by atoms with Crippen LogP contribution in [-0.4, -0.2) is 6.54 Å². The second kappa shape index (κ2) is 5.17. The minimum Gasteiger partial charge on any atom is -0.310 e. The fourth-order valence-electron chi connectivity index (χ4n) is 1.08. The van der Waals surface area contributed by atoms with E-state index < -0.39 is 0 Å². The molecular formula is C9H16N2S. The first-order valence-corrected chi connectivity index (χ1v) is 5.33. The van der Waals surface area contributed by atoms with E-state index in [1.807, 2.05) is 5.01 Å². The average Bonchev–Trinajstić information content (AvgIpc) is 2.56. The van der Waals surface area contributed by atoms with Gasteiger partial charge in [0.05, 0.1) is 5.69 Å². The second-order valence-electron chi connectivity index (χ2n) is 2.88. The largest absolute Gasteiger partial charge is 0.310 e. The van der Waals surface area contributed by atoms with Gasteiger partial charge in [0, 0.05) is 11.9 Å². The van der Waals surface area contributed by atoms with Crippen LogP contribution in [0.2, 0.25) is 0 Å². The first-order chi connectivity index (χ1) is 5.84. The number of hydrogen-bond donors (Lipinski definition) is 1. The van der Waals surface area contributed by atoms with Crippen LogP contribution >= 0.6 is 11.3 Å². The minimum absolute atomic E-state index is 0.963. The van der Waals surface area contributed by atoms with Crippen LogP contribution in [0.4, 0.5) is 5.69 Å². The van der Waals surface area contributed by atoms with Gasteiger partial charge in [0.15, 0.2) is 0 Å². The molecule has 0 spiro atoms. The number of anilines is 1. The molecule has 0 aromatic carbocycles. The number of unbranched alkanes of at least 4 members (excludes halogenated alkanes) is 2. The predicted molar refractivity (Wildman–Crippen MR) is 55.4 cm³/mol. The van der Waals surface area contributed by atoms with Gasteiger partial charge in [-0.2, -0.15) is 11.3 Å². The Morgan fingerprint density at radius 3 is 2.92 bits per heavy atom.